The molecule has 0 aromatic carbocycles. The Bertz CT molecular complexity index is 397. The van der Waals surface area contributed by atoms with Crippen molar-refractivity contribution in [2.24, 2.45) is 0 Å². The average molecular weight is 289 g/mol. The summed E-state index contributed by atoms with van der Waals surface area (Å²) in [6, 6.07) is 4.47. The van der Waals surface area contributed by atoms with Gasteiger partial charge in [-0.05, 0) is 57.6 Å². The van der Waals surface area contributed by atoms with Crippen LogP contribution in [0.4, 0.5) is 0 Å². The highest BCUT2D eigenvalue weighted by atomic mass is 79.9. The van der Waals surface area contributed by atoms with E-state index in [0.717, 1.165) is 3.79 Å². The smallest absolute Gasteiger partial charge is 0.0701 e. The van der Waals surface area contributed by atoms with Crippen LogP contribution in [0.2, 0.25) is 0 Å². The molecule has 0 aliphatic heterocycles. The molecule has 2 nitrogen and oxygen atoms in total. The second-order valence-corrected chi connectivity index (χ2v) is 5.98. The first-order chi connectivity index (χ1) is 6.81. The Morgan fingerprint density at radius 2 is 2.43 bits per heavy atom. The Kier molecular flexibility index (Phi) is 3.33. The largest absolute Gasteiger partial charge is 0.309 e. The molecule has 0 saturated carbocycles. The number of halogens is 1. The number of aromatic nitrogens is 1. The van der Waals surface area contributed by atoms with Crippen LogP contribution in [0.3, 0.4) is 0 Å². The second-order valence-electron chi connectivity index (χ2n) is 2.82. The molecule has 2 rings (SSSR count). The van der Waals surface area contributed by atoms with Gasteiger partial charge in [-0.25, -0.2) is 4.37 Å². The molecular weight excluding hydrogens is 280 g/mol. The van der Waals surface area contributed by atoms with Crippen LogP contribution >= 0.6 is 38.8 Å². The Labute approximate surface area is 99.3 Å². The van der Waals surface area contributed by atoms with Crippen molar-refractivity contribution < 1.29 is 0 Å². The standard InChI is InChI=1S/C9H9BrN2S2/c1-11-9(7-2-3-12-14-7)6-4-8(10)13-5-6/h2-5,9,11H,1H3. The summed E-state index contributed by atoms with van der Waals surface area (Å²) < 4.78 is 5.28. The molecule has 5 heteroatoms. The molecule has 0 radical (unpaired) electrons. The van der Waals surface area contributed by atoms with Gasteiger partial charge >= 0.3 is 0 Å². The van der Waals surface area contributed by atoms with Crippen molar-refractivity contribution in [3.05, 3.63) is 37.9 Å². The van der Waals surface area contributed by atoms with E-state index in [1.54, 1.807) is 11.3 Å². The van der Waals surface area contributed by atoms with Crippen LogP contribution in [-0.2, 0) is 0 Å². The summed E-state index contributed by atoms with van der Waals surface area (Å²) in [5, 5.41) is 5.45. The average Bonchev–Trinajstić information content (AvgIpc) is 2.79. The van der Waals surface area contributed by atoms with Gasteiger partial charge in [0.2, 0.25) is 0 Å². The highest BCUT2D eigenvalue weighted by molar-refractivity contribution is 9.11. The van der Waals surface area contributed by atoms with E-state index >= 15 is 0 Å². The SMILES string of the molecule is CNC(c1csc(Br)c1)c1ccns1. The monoisotopic (exact) mass is 288 g/mol. The van der Waals surface area contributed by atoms with Crippen LogP contribution in [-0.4, -0.2) is 11.4 Å². The molecule has 1 unspecified atom stereocenters. The molecule has 0 fully saturated rings. The molecule has 0 spiro atoms. The van der Waals surface area contributed by atoms with Gasteiger partial charge in [-0.3, -0.25) is 0 Å². The summed E-state index contributed by atoms with van der Waals surface area (Å²) in [4.78, 5) is 1.25. The van der Waals surface area contributed by atoms with Gasteiger partial charge in [-0.2, -0.15) is 0 Å². The lowest BCUT2D eigenvalue weighted by molar-refractivity contribution is 0.706. The van der Waals surface area contributed by atoms with E-state index in [2.05, 4.69) is 43.1 Å². The molecule has 1 N–H and O–H groups in total. The van der Waals surface area contributed by atoms with Gasteiger partial charge in [0.15, 0.2) is 0 Å². The van der Waals surface area contributed by atoms with E-state index in [1.807, 2.05) is 13.2 Å². The maximum absolute atomic E-state index is 4.12. The summed E-state index contributed by atoms with van der Waals surface area (Å²) >= 11 is 6.71. The first-order valence-corrected chi connectivity index (χ1v) is 6.57. The van der Waals surface area contributed by atoms with Crippen molar-refractivity contribution in [1.29, 1.82) is 0 Å². The molecule has 2 heterocycles. The van der Waals surface area contributed by atoms with Crippen LogP contribution in [0.5, 0.6) is 0 Å². The van der Waals surface area contributed by atoms with Crippen molar-refractivity contribution in [1.82, 2.24) is 9.69 Å². The summed E-state index contributed by atoms with van der Waals surface area (Å²) in [5.74, 6) is 0. The molecule has 0 aliphatic rings. The molecule has 74 valence electrons. The summed E-state index contributed by atoms with van der Waals surface area (Å²) in [7, 11) is 1.97. The minimum absolute atomic E-state index is 0.269. The van der Waals surface area contributed by atoms with Gasteiger partial charge in [0, 0.05) is 11.1 Å². The number of hydrogen-bond acceptors (Lipinski definition) is 4. The fraction of sp³-hybridized carbons (Fsp3) is 0.222. The Morgan fingerprint density at radius 1 is 1.57 bits per heavy atom. The van der Waals surface area contributed by atoms with Gasteiger partial charge in [-0.1, -0.05) is 0 Å². The zero-order valence-electron chi connectivity index (χ0n) is 7.53. The Morgan fingerprint density at radius 3 is 2.93 bits per heavy atom. The van der Waals surface area contributed by atoms with Crippen molar-refractivity contribution in [3.63, 3.8) is 0 Å². The number of nitrogens with zero attached hydrogens (tertiary/aromatic N) is 1. The summed E-state index contributed by atoms with van der Waals surface area (Å²) in [5.41, 5.74) is 1.29. The van der Waals surface area contributed by atoms with Crippen LogP contribution in [0.15, 0.2) is 27.5 Å². The van der Waals surface area contributed by atoms with Crippen molar-refractivity contribution >= 4 is 38.8 Å². The molecule has 14 heavy (non-hydrogen) atoms. The number of rotatable bonds is 3. The fourth-order valence-corrected chi connectivity index (χ4v) is 3.25. The normalized spacial score (nSPS) is 13.0. The van der Waals surface area contributed by atoms with E-state index in [0.29, 0.717) is 0 Å². The minimum Gasteiger partial charge on any atom is -0.309 e. The minimum atomic E-state index is 0.269. The van der Waals surface area contributed by atoms with Crippen molar-refractivity contribution in [2.45, 2.75) is 6.04 Å². The fourth-order valence-electron chi connectivity index (χ4n) is 1.32. The predicted octanol–water partition coefficient (Wildman–Crippen LogP) is 3.28. The molecule has 0 aliphatic carbocycles. The van der Waals surface area contributed by atoms with Gasteiger partial charge in [0.1, 0.15) is 0 Å². The second kappa shape index (κ2) is 4.53. The van der Waals surface area contributed by atoms with E-state index in [-0.39, 0.29) is 6.04 Å². The molecule has 0 amide bonds. The zero-order valence-corrected chi connectivity index (χ0v) is 10.7. The third-order valence-corrected chi connectivity index (χ3v) is 4.28. The lowest BCUT2D eigenvalue weighted by Crippen LogP contribution is -2.15. The quantitative estimate of drug-likeness (QED) is 0.938. The van der Waals surface area contributed by atoms with Crippen LogP contribution in [0.1, 0.15) is 16.5 Å². The van der Waals surface area contributed by atoms with Crippen LogP contribution in [0.25, 0.3) is 0 Å². The molecule has 1 atom stereocenters. The lowest BCUT2D eigenvalue weighted by atomic mass is 10.1. The first kappa shape index (κ1) is 10.3. The molecule has 0 saturated heterocycles. The molecule has 2 aromatic rings. The number of thiophene rings is 1. The number of hydrogen-bond donors (Lipinski definition) is 1. The Hall–Kier alpha value is -0.230. The topological polar surface area (TPSA) is 24.9 Å². The van der Waals surface area contributed by atoms with Gasteiger partial charge in [-0.15, -0.1) is 11.3 Å². The highest BCUT2D eigenvalue weighted by Gasteiger charge is 2.14. The molecule has 0 bridgehead atoms. The predicted molar refractivity (Wildman–Crippen MR) is 65.0 cm³/mol. The van der Waals surface area contributed by atoms with Gasteiger partial charge in [0.05, 0.1) is 9.83 Å². The number of nitrogens with one attached hydrogen (secondary N) is 1. The maximum atomic E-state index is 4.12. The van der Waals surface area contributed by atoms with Crippen molar-refractivity contribution in [3.8, 4) is 0 Å². The first-order valence-electron chi connectivity index (χ1n) is 4.13. The summed E-state index contributed by atoms with van der Waals surface area (Å²) in [6.07, 6.45) is 1.84. The van der Waals surface area contributed by atoms with E-state index in [4.69, 9.17) is 0 Å². The van der Waals surface area contributed by atoms with E-state index in [9.17, 15) is 0 Å². The van der Waals surface area contributed by atoms with Crippen molar-refractivity contribution in [2.75, 3.05) is 7.05 Å². The maximum Gasteiger partial charge on any atom is 0.0701 e. The highest BCUT2D eigenvalue weighted by Crippen LogP contribution is 2.30. The zero-order chi connectivity index (χ0) is 9.97. The molecular formula is C9H9BrN2S2. The third-order valence-electron chi connectivity index (χ3n) is 1.95. The van der Waals surface area contributed by atoms with Gasteiger partial charge < -0.3 is 5.32 Å². The van der Waals surface area contributed by atoms with E-state index in [1.165, 1.54) is 22.0 Å². The Balaban J connectivity index is 2.31. The third kappa shape index (κ3) is 2.06. The van der Waals surface area contributed by atoms with Crippen LogP contribution in [0, 0.1) is 0 Å². The lowest BCUT2D eigenvalue weighted by Gasteiger charge is -2.11. The van der Waals surface area contributed by atoms with Crippen LogP contribution < -0.4 is 5.32 Å². The summed E-state index contributed by atoms with van der Waals surface area (Å²) in [6.45, 7) is 0. The van der Waals surface area contributed by atoms with E-state index < -0.39 is 0 Å². The molecule has 2 aromatic heterocycles. The van der Waals surface area contributed by atoms with Gasteiger partial charge in [0.25, 0.3) is 0 Å².